The first-order chi connectivity index (χ1) is 18.3. The lowest BCUT2D eigenvalue weighted by molar-refractivity contribution is 0.124. The van der Waals surface area contributed by atoms with Gasteiger partial charge in [0.15, 0.2) is 35.3 Å². The van der Waals surface area contributed by atoms with Crippen molar-refractivity contribution in [3.05, 3.63) is 88.3 Å². The van der Waals surface area contributed by atoms with Gasteiger partial charge in [-0.15, -0.1) is 0 Å². The summed E-state index contributed by atoms with van der Waals surface area (Å²) in [6.45, 7) is 3.07. The van der Waals surface area contributed by atoms with Crippen molar-refractivity contribution < 1.29 is 35.8 Å². The lowest BCUT2D eigenvalue weighted by Crippen LogP contribution is -2.22. The number of ether oxygens (including phenoxy) is 2. The van der Waals surface area contributed by atoms with Gasteiger partial charge in [-0.2, -0.15) is 0 Å². The van der Waals surface area contributed by atoms with E-state index in [0.29, 0.717) is 70.1 Å². The van der Waals surface area contributed by atoms with E-state index in [1.807, 2.05) is 11.8 Å². The monoisotopic (exact) mass is 529 g/mol. The van der Waals surface area contributed by atoms with Crippen molar-refractivity contribution in [2.75, 3.05) is 13.3 Å². The van der Waals surface area contributed by atoms with E-state index in [-0.39, 0.29) is 18.8 Å². The van der Waals surface area contributed by atoms with Gasteiger partial charge in [0, 0.05) is 30.6 Å². The van der Waals surface area contributed by atoms with Crippen molar-refractivity contribution in [1.29, 1.82) is 0 Å². The second-order valence-corrected chi connectivity index (χ2v) is 9.43. The highest BCUT2D eigenvalue weighted by molar-refractivity contribution is 5.91. The number of benzene rings is 3. The van der Waals surface area contributed by atoms with Gasteiger partial charge in [-0.3, -0.25) is 4.90 Å². The summed E-state index contributed by atoms with van der Waals surface area (Å²) in [6, 6.07) is 8.57. The molecular formula is C29H21F6NO2. The van der Waals surface area contributed by atoms with Crippen molar-refractivity contribution in [3.8, 4) is 33.8 Å². The first-order valence-corrected chi connectivity index (χ1v) is 12.1. The third-order valence-corrected chi connectivity index (χ3v) is 7.28. The minimum absolute atomic E-state index is 0.104. The molecule has 0 spiro atoms. The molecule has 3 nitrogen and oxygen atoms in total. The molecule has 1 unspecified atom stereocenters. The molecule has 1 aliphatic carbocycles. The molecule has 0 saturated heterocycles. The molecule has 0 N–H and O–H groups in total. The Balaban J connectivity index is 1.65. The lowest BCUT2D eigenvalue weighted by Gasteiger charge is -2.24. The molecule has 2 aliphatic heterocycles. The Morgan fingerprint density at radius 1 is 0.842 bits per heavy atom. The number of alkyl halides is 1. The zero-order valence-corrected chi connectivity index (χ0v) is 20.2. The molecule has 0 amide bonds. The quantitative estimate of drug-likeness (QED) is 0.256. The van der Waals surface area contributed by atoms with Crippen LogP contribution in [0, 0.1) is 17.5 Å². The average molecular weight is 529 g/mol. The van der Waals surface area contributed by atoms with Gasteiger partial charge in [0.25, 0.3) is 0 Å². The number of hydrogen-bond donors (Lipinski definition) is 0. The Morgan fingerprint density at radius 3 is 2.00 bits per heavy atom. The molecule has 9 heteroatoms. The van der Waals surface area contributed by atoms with Crippen LogP contribution in [0.25, 0.3) is 27.8 Å². The van der Waals surface area contributed by atoms with Gasteiger partial charge in [0.2, 0.25) is 6.79 Å². The third kappa shape index (κ3) is 3.88. The number of rotatable bonds is 3. The summed E-state index contributed by atoms with van der Waals surface area (Å²) >= 11 is 0. The standard InChI is InChI=1S/C29H21F6NO2/c1-2-36-11-18-16(14-7-20(30)28(34)21(31)8-14)3-5-24-26(18)27-19(12-36)17(4-6-25(27)38-13-37-24)15-9-22(32)29(35)23(33)10-15/h3-9,23H,2,10-13H2,1H3. The largest absolute Gasteiger partial charge is 0.457 e. The van der Waals surface area contributed by atoms with E-state index >= 15 is 0 Å². The highest BCUT2D eigenvalue weighted by atomic mass is 19.2. The SMILES string of the molecule is CCN1Cc2c(C3=CC(F)=C(F)C(F)C3)ccc3c2-c2c(ccc(-c4cc(F)c(F)c(F)c4)c2C1)OCO3. The fourth-order valence-electron chi connectivity index (χ4n) is 5.44. The maximum absolute atomic E-state index is 14.4. The summed E-state index contributed by atoms with van der Waals surface area (Å²) in [5, 5.41) is 0. The van der Waals surface area contributed by atoms with E-state index in [0.717, 1.165) is 18.2 Å². The molecule has 0 aromatic heterocycles. The Morgan fingerprint density at radius 2 is 1.42 bits per heavy atom. The Hall–Kier alpha value is -3.72. The van der Waals surface area contributed by atoms with Crippen LogP contribution in [0.15, 0.2) is 54.1 Å². The molecule has 3 aliphatic rings. The Bertz CT molecular complexity index is 1520. The van der Waals surface area contributed by atoms with Crippen LogP contribution in [-0.2, 0) is 13.1 Å². The predicted octanol–water partition coefficient (Wildman–Crippen LogP) is 7.78. The van der Waals surface area contributed by atoms with Crippen LogP contribution in [0.4, 0.5) is 26.3 Å². The topological polar surface area (TPSA) is 21.7 Å². The van der Waals surface area contributed by atoms with Gasteiger partial charge >= 0.3 is 0 Å². The Labute approximate surface area is 214 Å². The van der Waals surface area contributed by atoms with Crippen LogP contribution >= 0.6 is 0 Å². The molecule has 38 heavy (non-hydrogen) atoms. The molecule has 1 atom stereocenters. The fraction of sp³-hybridized carbons (Fsp3) is 0.241. The van der Waals surface area contributed by atoms with E-state index in [1.54, 1.807) is 24.3 Å². The molecular weight excluding hydrogens is 508 g/mol. The third-order valence-electron chi connectivity index (χ3n) is 7.28. The number of halogens is 6. The van der Waals surface area contributed by atoms with E-state index in [9.17, 15) is 26.3 Å². The van der Waals surface area contributed by atoms with Crippen LogP contribution < -0.4 is 9.47 Å². The molecule has 0 radical (unpaired) electrons. The lowest BCUT2D eigenvalue weighted by atomic mass is 9.85. The van der Waals surface area contributed by atoms with E-state index < -0.39 is 35.3 Å². The molecule has 6 rings (SSSR count). The van der Waals surface area contributed by atoms with Crippen molar-refractivity contribution in [2.24, 2.45) is 0 Å². The predicted molar refractivity (Wildman–Crippen MR) is 130 cm³/mol. The highest BCUT2D eigenvalue weighted by Gasteiger charge is 2.33. The van der Waals surface area contributed by atoms with Crippen molar-refractivity contribution in [3.63, 3.8) is 0 Å². The van der Waals surface area contributed by atoms with Crippen LogP contribution in [-0.4, -0.2) is 24.4 Å². The van der Waals surface area contributed by atoms with E-state index in [2.05, 4.69) is 0 Å². The first-order valence-electron chi connectivity index (χ1n) is 12.1. The molecule has 0 saturated carbocycles. The molecule has 2 heterocycles. The van der Waals surface area contributed by atoms with Gasteiger partial charge < -0.3 is 9.47 Å². The average Bonchev–Trinajstić information content (AvgIpc) is 3.20. The summed E-state index contributed by atoms with van der Waals surface area (Å²) in [7, 11) is 0. The molecule has 196 valence electrons. The van der Waals surface area contributed by atoms with Crippen LogP contribution in [0.1, 0.15) is 30.0 Å². The molecule has 3 aromatic rings. The second-order valence-electron chi connectivity index (χ2n) is 9.43. The molecule has 0 bridgehead atoms. The number of nitrogens with zero attached hydrogens (tertiary/aromatic N) is 1. The van der Waals surface area contributed by atoms with Crippen LogP contribution in [0.5, 0.6) is 11.5 Å². The molecule has 0 fully saturated rings. The zero-order chi connectivity index (χ0) is 26.7. The second kappa shape index (κ2) is 9.23. The van der Waals surface area contributed by atoms with Crippen molar-refractivity contribution >= 4 is 5.57 Å². The van der Waals surface area contributed by atoms with Gasteiger partial charge in [-0.1, -0.05) is 19.1 Å². The summed E-state index contributed by atoms with van der Waals surface area (Å²) in [6.07, 6.45) is -1.41. The maximum Gasteiger partial charge on any atom is 0.230 e. The Kier molecular flexibility index (Phi) is 5.98. The minimum Gasteiger partial charge on any atom is -0.457 e. The van der Waals surface area contributed by atoms with Crippen LogP contribution in [0.2, 0.25) is 0 Å². The van der Waals surface area contributed by atoms with Crippen molar-refractivity contribution in [2.45, 2.75) is 32.6 Å². The van der Waals surface area contributed by atoms with E-state index in [4.69, 9.17) is 9.47 Å². The number of allylic oxidation sites excluding steroid dienone is 4. The van der Waals surface area contributed by atoms with Gasteiger partial charge in [-0.25, -0.2) is 26.3 Å². The smallest absolute Gasteiger partial charge is 0.230 e. The summed E-state index contributed by atoms with van der Waals surface area (Å²) in [4.78, 5) is 2.05. The van der Waals surface area contributed by atoms with Crippen molar-refractivity contribution in [1.82, 2.24) is 4.90 Å². The normalized spacial score (nSPS) is 18.7. The zero-order valence-electron chi connectivity index (χ0n) is 20.2. The minimum atomic E-state index is -2.09. The van der Waals surface area contributed by atoms with Crippen LogP contribution in [0.3, 0.4) is 0 Å². The van der Waals surface area contributed by atoms with Gasteiger partial charge in [0.05, 0.1) is 0 Å². The summed E-state index contributed by atoms with van der Waals surface area (Å²) in [5.74, 6) is -5.91. The summed E-state index contributed by atoms with van der Waals surface area (Å²) < 4.78 is 96.4. The summed E-state index contributed by atoms with van der Waals surface area (Å²) in [5.41, 5.74) is 4.10. The highest BCUT2D eigenvalue weighted by Crippen LogP contribution is 2.51. The maximum atomic E-state index is 14.4. The first kappa shape index (κ1) is 24.6. The van der Waals surface area contributed by atoms with Gasteiger partial charge in [-0.05, 0) is 70.3 Å². The number of hydrogen-bond acceptors (Lipinski definition) is 3. The van der Waals surface area contributed by atoms with E-state index in [1.165, 1.54) is 0 Å². The molecule has 3 aromatic carbocycles. The van der Waals surface area contributed by atoms with Gasteiger partial charge in [0.1, 0.15) is 11.5 Å². The fourth-order valence-corrected chi connectivity index (χ4v) is 5.44.